The molecule has 1 aromatic heterocycles. The second-order valence-electron chi connectivity index (χ2n) is 5.97. The number of hydrogen-bond acceptors (Lipinski definition) is 5. The van der Waals surface area contributed by atoms with Gasteiger partial charge in [0.05, 0.1) is 11.1 Å². The quantitative estimate of drug-likeness (QED) is 0.512. The van der Waals surface area contributed by atoms with Crippen molar-refractivity contribution >= 4 is 17.8 Å². The molecule has 8 nitrogen and oxygen atoms in total. The predicted octanol–water partition coefficient (Wildman–Crippen LogP) is 2.38. The Kier molecular flexibility index (Phi) is 4.54. The van der Waals surface area contributed by atoms with Crippen LogP contribution in [-0.4, -0.2) is 27.2 Å². The molecule has 0 radical (unpaired) electrons. The first kappa shape index (κ1) is 16.3. The van der Waals surface area contributed by atoms with Gasteiger partial charge in [0.1, 0.15) is 0 Å². The minimum Gasteiger partial charge on any atom is -0.281 e. The van der Waals surface area contributed by atoms with Gasteiger partial charge in [-0.2, -0.15) is 10.2 Å². The van der Waals surface area contributed by atoms with Gasteiger partial charge in [-0.1, -0.05) is 32.9 Å². The number of aromatic nitrogens is 2. The zero-order chi connectivity index (χ0) is 17.0. The number of carbonyl (C=O) groups is 1. The topological polar surface area (TPSA) is 113 Å². The Morgan fingerprint density at radius 2 is 2.13 bits per heavy atom. The molecule has 0 bridgehead atoms. The molecule has 2 aromatic rings. The third kappa shape index (κ3) is 4.22. The molecule has 0 saturated carbocycles. The average Bonchev–Trinajstić information content (AvgIpc) is 2.97. The van der Waals surface area contributed by atoms with Crippen molar-refractivity contribution in [3.05, 3.63) is 57.4 Å². The number of H-pyrrole nitrogens is 1. The molecule has 0 fully saturated rings. The second kappa shape index (κ2) is 6.39. The van der Waals surface area contributed by atoms with Crippen LogP contribution in [0.3, 0.4) is 0 Å². The highest BCUT2D eigenvalue weighted by atomic mass is 16.6. The highest BCUT2D eigenvalue weighted by Crippen LogP contribution is 2.20. The molecule has 1 heterocycles. The van der Waals surface area contributed by atoms with Crippen molar-refractivity contribution in [3.63, 3.8) is 0 Å². The summed E-state index contributed by atoms with van der Waals surface area (Å²) in [6.45, 7) is 6.01. The van der Waals surface area contributed by atoms with Gasteiger partial charge in [0, 0.05) is 28.8 Å². The number of nitrogens with one attached hydrogen (secondary N) is 2. The number of benzene rings is 1. The molecule has 0 spiro atoms. The summed E-state index contributed by atoms with van der Waals surface area (Å²) in [7, 11) is 0. The number of aromatic amines is 1. The first-order valence-corrected chi connectivity index (χ1v) is 6.91. The van der Waals surface area contributed by atoms with Gasteiger partial charge in [0.15, 0.2) is 5.69 Å². The van der Waals surface area contributed by atoms with Gasteiger partial charge in [0.25, 0.3) is 11.6 Å². The summed E-state index contributed by atoms with van der Waals surface area (Å²) in [5, 5.41) is 21.2. The summed E-state index contributed by atoms with van der Waals surface area (Å²) in [4.78, 5) is 22.1. The number of carbonyl (C=O) groups excluding carboxylic acids is 1. The molecule has 0 saturated heterocycles. The third-order valence-electron chi connectivity index (χ3n) is 3.08. The van der Waals surface area contributed by atoms with Gasteiger partial charge in [-0.05, 0) is 6.07 Å². The van der Waals surface area contributed by atoms with Crippen LogP contribution in [-0.2, 0) is 5.41 Å². The number of nitro benzene ring substituents is 1. The van der Waals surface area contributed by atoms with Crippen LogP contribution in [0.4, 0.5) is 5.69 Å². The van der Waals surface area contributed by atoms with Crippen LogP contribution in [0.25, 0.3) is 0 Å². The number of hydrazone groups is 1. The fraction of sp³-hybridized carbons (Fsp3) is 0.267. The van der Waals surface area contributed by atoms with Gasteiger partial charge in [-0.3, -0.25) is 20.0 Å². The van der Waals surface area contributed by atoms with Crippen molar-refractivity contribution in [2.75, 3.05) is 0 Å². The van der Waals surface area contributed by atoms with Crippen molar-refractivity contribution in [2.24, 2.45) is 5.10 Å². The number of rotatable bonds is 4. The minimum absolute atomic E-state index is 0.0394. The van der Waals surface area contributed by atoms with E-state index in [1.807, 2.05) is 20.8 Å². The van der Waals surface area contributed by atoms with Crippen molar-refractivity contribution in [2.45, 2.75) is 26.2 Å². The Morgan fingerprint density at radius 3 is 2.74 bits per heavy atom. The first-order valence-electron chi connectivity index (χ1n) is 6.91. The SMILES string of the molecule is CC(C)(C)c1cc(C(=O)N/N=C/c2cccc([N+](=O)[O-])c2)n[nH]1. The van der Waals surface area contributed by atoms with Crippen LogP contribution in [0.1, 0.15) is 42.5 Å². The van der Waals surface area contributed by atoms with Crippen LogP contribution >= 0.6 is 0 Å². The number of hydrogen-bond donors (Lipinski definition) is 2. The normalized spacial score (nSPS) is 11.6. The molecule has 0 aliphatic rings. The van der Waals surface area contributed by atoms with Gasteiger partial charge in [-0.15, -0.1) is 0 Å². The largest absolute Gasteiger partial charge is 0.291 e. The Labute approximate surface area is 132 Å². The van der Waals surface area contributed by atoms with E-state index in [1.54, 1.807) is 18.2 Å². The highest BCUT2D eigenvalue weighted by Gasteiger charge is 2.19. The van der Waals surface area contributed by atoms with Crippen LogP contribution in [0.2, 0.25) is 0 Å². The van der Waals surface area contributed by atoms with Gasteiger partial charge >= 0.3 is 0 Å². The standard InChI is InChI=1S/C15H17N5O3/c1-15(2,3)13-8-12(17-18-13)14(21)19-16-9-10-5-4-6-11(7-10)20(22)23/h4-9H,1-3H3,(H,17,18)(H,19,21)/b16-9+. The number of amides is 1. The van der Waals surface area contributed by atoms with E-state index in [2.05, 4.69) is 20.7 Å². The van der Waals surface area contributed by atoms with Crippen molar-refractivity contribution in [1.82, 2.24) is 15.6 Å². The summed E-state index contributed by atoms with van der Waals surface area (Å²) < 4.78 is 0. The molecule has 1 amide bonds. The molecule has 8 heteroatoms. The molecule has 120 valence electrons. The predicted molar refractivity (Wildman–Crippen MR) is 85.4 cm³/mol. The maximum absolute atomic E-state index is 11.9. The lowest BCUT2D eigenvalue weighted by Crippen LogP contribution is -2.18. The lowest BCUT2D eigenvalue weighted by molar-refractivity contribution is -0.384. The van der Waals surface area contributed by atoms with E-state index in [-0.39, 0.29) is 16.8 Å². The summed E-state index contributed by atoms with van der Waals surface area (Å²) in [6, 6.07) is 7.60. The summed E-state index contributed by atoms with van der Waals surface area (Å²) >= 11 is 0. The lowest BCUT2D eigenvalue weighted by Gasteiger charge is -2.14. The fourth-order valence-corrected chi connectivity index (χ4v) is 1.76. The number of nitrogens with zero attached hydrogens (tertiary/aromatic N) is 3. The first-order chi connectivity index (χ1) is 10.8. The van der Waals surface area contributed by atoms with E-state index in [0.29, 0.717) is 5.56 Å². The van der Waals surface area contributed by atoms with E-state index in [0.717, 1.165) is 5.69 Å². The molecule has 2 N–H and O–H groups in total. The molecule has 0 unspecified atom stereocenters. The third-order valence-corrected chi connectivity index (χ3v) is 3.08. The lowest BCUT2D eigenvalue weighted by atomic mass is 9.92. The second-order valence-corrected chi connectivity index (χ2v) is 5.97. The highest BCUT2D eigenvalue weighted by molar-refractivity contribution is 5.93. The molecule has 1 aromatic carbocycles. The Balaban J connectivity index is 2.03. The maximum atomic E-state index is 11.9. The minimum atomic E-state index is -0.492. The maximum Gasteiger partial charge on any atom is 0.291 e. The number of non-ortho nitro benzene ring substituents is 1. The van der Waals surface area contributed by atoms with E-state index in [9.17, 15) is 14.9 Å². The smallest absolute Gasteiger partial charge is 0.281 e. The average molecular weight is 315 g/mol. The summed E-state index contributed by atoms with van der Waals surface area (Å²) in [5.74, 6) is -0.460. The zero-order valence-corrected chi connectivity index (χ0v) is 13.0. The molecule has 0 atom stereocenters. The van der Waals surface area contributed by atoms with Crippen molar-refractivity contribution in [1.29, 1.82) is 0 Å². The molecule has 0 aliphatic heterocycles. The van der Waals surface area contributed by atoms with Gasteiger partial charge in [-0.25, -0.2) is 5.43 Å². The Morgan fingerprint density at radius 1 is 1.39 bits per heavy atom. The van der Waals surface area contributed by atoms with Gasteiger partial charge < -0.3 is 0 Å². The Hall–Kier alpha value is -3.03. The molecule has 0 aliphatic carbocycles. The monoisotopic (exact) mass is 315 g/mol. The molecular weight excluding hydrogens is 298 g/mol. The molecule has 23 heavy (non-hydrogen) atoms. The van der Waals surface area contributed by atoms with E-state index >= 15 is 0 Å². The molecule has 2 rings (SSSR count). The van der Waals surface area contributed by atoms with Crippen molar-refractivity contribution < 1.29 is 9.72 Å². The fourth-order valence-electron chi connectivity index (χ4n) is 1.76. The van der Waals surface area contributed by atoms with Gasteiger partial charge in [0.2, 0.25) is 0 Å². The van der Waals surface area contributed by atoms with Crippen LogP contribution < -0.4 is 5.43 Å². The summed E-state index contributed by atoms with van der Waals surface area (Å²) in [5.41, 5.74) is 3.74. The van der Waals surface area contributed by atoms with Crippen LogP contribution in [0, 0.1) is 10.1 Å². The van der Waals surface area contributed by atoms with E-state index < -0.39 is 10.8 Å². The van der Waals surface area contributed by atoms with Crippen LogP contribution in [0.5, 0.6) is 0 Å². The van der Waals surface area contributed by atoms with E-state index in [1.165, 1.54) is 18.3 Å². The van der Waals surface area contributed by atoms with Crippen molar-refractivity contribution in [3.8, 4) is 0 Å². The molecular formula is C15H17N5O3. The summed E-state index contributed by atoms with van der Waals surface area (Å²) in [6.07, 6.45) is 1.34. The Bertz CT molecular complexity index is 758. The zero-order valence-electron chi connectivity index (χ0n) is 13.0. The number of nitro groups is 1. The van der Waals surface area contributed by atoms with Crippen LogP contribution in [0.15, 0.2) is 35.4 Å². The van der Waals surface area contributed by atoms with E-state index in [4.69, 9.17) is 0 Å².